The van der Waals surface area contributed by atoms with E-state index < -0.39 is 0 Å². The van der Waals surface area contributed by atoms with Crippen LogP contribution in [0.25, 0.3) is 16.6 Å². The summed E-state index contributed by atoms with van der Waals surface area (Å²) in [7, 11) is 7.15. The van der Waals surface area contributed by atoms with Crippen molar-refractivity contribution >= 4 is 34.4 Å². The zero-order chi connectivity index (χ0) is 27.8. The van der Waals surface area contributed by atoms with E-state index in [1.807, 2.05) is 32.4 Å². The van der Waals surface area contributed by atoms with Gasteiger partial charge in [-0.25, -0.2) is 9.37 Å². The zero-order valence-electron chi connectivity index (χ0n) is 22.3. The molecule has 0 radical (unpaired) electrons. The van der Waals surface area contributed by atoms with Crippen molar-refractivity contribution in [3.63, 3.8) is 0 Å². The number of fused-ring (bicyclic) bond motifs is 1. The molecule has 0 aliphatic heterocycles. The number of nitrogens with zero attached hydrogens (tertiary/aromatic N) is 3. The number of anilines is 1. The number of ether oxygens (including phenoxy) is 1. The minimum absolute atomic E-state index is 0.200. The third-order valence-electron chi connectivity index (χ3n) is 5.40. The predicted octanol–water partition coefficient (Wildman–Crippen LogP) is 3.71. The molecule has 0 spiro atoms. The first kappa shape index (κ1) is 30.1. The Morgan fingerprint density at radius 1 is 1.11 bits per heavy atom. The number of amidine groups is 1. The molecule has 0 atom stereocenters. The quantitative estimate of drug-likeness (QED) is 0.0938. The Labute approximate surface area is 223 Å². The highest BCUT2D eigenvalue weighted by molar-refractivity contribution is 5.94. The van der Waals surface area contributed by atoms with Crippen molar-refractivity contribution in [2.24, 2.45) is 0 Å². The molecular formula is C28H36FN7O2. The van der Waals surface area contributed by atoms with E-state index in [1.165, 1.54) is 24.3 Å². The first-order valence-electron chi connectivity index (χ1n) is 12.1. The molecule has 202 valence electrons. The molecule has 2 heterocycles. The lowest BCUT2D eigenvalue weighted by Crippen LogP contribution is -2.19. The van der Waals surface area contributed by atoms with E-state index in [9.17, 15) is 9.18 Å². The molecule has 38 heavy (non-hydrogen) atoms. The van der Waals surface area contributed by atoms with Gasteiger partial charge in [0.25, 0.3) is 0 Å². The molecule has 2 aromatic heterocycles. The van der Waals surface area contributed by atoms with Crippen LogP contribution in [0.4, 0.5) is 10.1 Å². The maximum absolute atomic E-state index is 13.0. The molecule has 0 unspecified atom stereocenters. The lowest BCUT2D eigenvalue weighted by atomic mass is 10.0. The minimum atomic E-state index is -0.276. The molecule has 0 bridgehead atoms. The summed E-state index contributed by atoms with van der Waals surface area (Å²) < 4.78 is 18.1. The molecule has 4 N–H and O–H groups in total. The number of benzene rings is 1. The van der Waals surface area contributed by atoms with Gasteiger partial charge in [-0.15, -0.1) is 0 Å². The monoisotopic (exact) mass is 521 g/mol. The molecule has 0 aliphatic rings. The summed E-state index contributed by atoms with van der Waals surface area (Å²) in [5.74, 6) is 0.644. The third-order valence-corrected chi connectivity index (χ3v) is 5.40. The standard InChI is InChI=1S/C16H20FN3O.C12H16N4O/c1-19-10-9-14(13-5-7-15(17)8-6-13)12-20(2)16(18)4-3-11-21;1-13-5-6-15-10-3-4-14-11-7-9(17-2)8-16-12(10)11/h3-8,11-12,18-19H,9-10H2,1-2H3;3-4,7-8,13H,5-6H2,1-2H3,(H,14,15)/b4-3-,14-12-,18-16?;. The summed E-state index contributed by atoms with van der Waals surface area (Å²) in [5.41, 5.74) is 4.58. The first-order chi connectivity index (χ1) is 18.4. The second-order valence-corrected chi connectivity index (χ2v) is 8.14. The molecule has 0 aliphatic carbocycles. The molecular weight excluding hydrogens is 485 g/mol. The van der Waals surface area contributed by atoms with Crippen LogP contribution in [0.5, 0.6) is 5.75 Å². The molecule has 3 rings (SSSR count). The van der Waals surface area contributed by atoms with Crippen molar-refractivity contribution in [2.45, 2.75) is 6.42 Å². The maximum atomic E-state index is 13.0. The average Bonchev–Trinajstić information content (AvgIpc) is 2.94. The van der Waals surface area contributed by atoms with E-state index in [1.54, 1.807) is 43.6 Å². The van der Waals surface area contributed by atoms with Crippen molar-refractivity contribution < 1.29 is 13.9 Å². The van der Waals surface area contributed by atoms with E-state index in [0.29, 0.717) is 6.29 Å². The number of methoxy groups -OCH3 is 1. The fraction of sp³-hybridized carbons (Fsp3) is 0.286. The highest BCUT2D eigenvalue weighted by Crippen LogP contribution is 2.22. The van der Waals surface area contributed by atoms with E-state index >= 15 is 0 Å². The van der Waals surface area contributed by atoms with Gasteiger partial charge in [0.05, 0.1) is 24.5 Å². The van der Waals surface area contributed by atoms with Gasteiger partial charge in [-0.2, -0.15) is 0 Å². The Bertz CT molecular complexity index is 1230. The van der Waals surface area contributed by atoms with Gasteiger partial charge in [-0.1, -0.05) is 12.1 Å². The molecule has 9 nitrogen and oxygen atoms in total. The third kappa shape index (κ3) is 9.72. The Kier molecular flexibility index (Phi) is 13.1. The van der Waals surface area contributed by atoms with Crippen LogP contribution in [0.3, 0.4) is 0 Å². The summed E-state index contributed by atoms with van der Waals surface area (Å²) in [5, 5.41) is 17.3. The number of likely N-dealkylation sites (N-methyl/N-ethyl adjacent to an activating group) is 2. The highest BCUT2D eigenvalue weighted by Gasteiger charge is 2.06. The first-order valence-corrected chi connectivity index (χ1v) is 12.1. The Morgan fingerprint density at radius 2 is 1.84 bits per heavy atom. The van der Waals surface area contributed by atoms with Crippen molar-refractivity contribution in [1.29, 1.82) is 5.41 Å². The summed E-state index contributed by atoms with van der Waals surface area (Å²) in [4.78, 5) is 20.5. The van der Waals surface area contributed by atoms with Crippen LogP contribution < -0.4 is 20.7 Å². The topological polar surface area (TPSA) is 115 Å². The van der Waals surface area contributed by atoms with Gasteiger partial charge in [0, 0.05) is 38.6 Å². The highest BCUT2D eigenvalue weighted by atomic mass is 19.1. The number of pyridine rings is 2. The van der Waals surface area contributed by atoms with Gasteiger partial charge in [0.15, 0.2) is 0 Å². The van der Waals surface area contributed by atoms with Crippen molar-refractivity contribution in [1.82, 2.24) is 25.5 Å². The molecule has 0 saturated heterocycles. The second-order valence-electron chi connectivity index (χ2n) is 8.14. The van der Waals surface area contributed by atoms with Crippen LogP contribution >= 0.6 is 0 Å². The lowest BCUT2D eigenvalue weighted by Gasteiger charge is -2.16. The summed E-state index contributed by atoms with van der Waals surface area (Å²) in [6.45, 7) is 2.53. The number of carbonyl (C=O) groups is 1. The normalized spacial score (nSPS) is 11.1. The largest absolute Gasteiger partial charge is 0.495 e. The summed E-state index contributed by atoms with van der Waals surface area (Å²) in [6.07, 6.45) is 9.37. The summed E-state index contributed by atoms with van der Waals surface area (Å²) in [6, 6.07) is 10.1. The summed E-state index contributed by atoms with van der Waals surface area (Å²) >= 11 is 0. The number of allylic oxidation sites excluding steroid dienone is 1. The Balaban J connectivity index is 0.000000272. The minimum Gasteiger partial charge on any atom is -0.495 e. The van der Waals surface area contributed by atoms with Crippen molar-refractivity contribution in [3.05, 3.63) is 78.5 Å². The molecule has 1 aromatic carbocycles. The molecule has 3 aromatic rings. The molecule has 0 saturated carbocycles. The van der Waals surface area contributed by atoms with Crippen LogP contribution in [0.1, 0.15) is 12.0 Å². The van der Waals surface area contributed by atoms with E-state index in [2.05, 4.69) is 25.9 Å². The van der Waals surface area contributed by atoms with Gasteiger partial charge in [-0.3, -0.25) is 15.2 Å². The van der Waals surface area contributed by atoms with Crippen molar-refractivity contribution in [2.75, 3.05) is 53.2 Å². The zero-order valence-corrected chi connectivity index (χ0v) is 22.3. The Morgan fingerprint density at radius 3 is 2.50 bits per heavy atom. The smallest absolute Gasteiger partial charge is 0.142 e. The van der Waals surface area contributed by atoms with Gasteiger partial charge >= 0.3 is 0 Å². The number of hydrogen-bond donors (Lipinski definition) is 4. The van der Waals surface area contributed by atoms with Crippen LogP contribution in [-0.2, 0) is 4.79 Å². The van der Waals surface area contributed by atoms with Crippen LogP contribution in [-0.4, -0.2) is 74.9 Å². The lowest BCUT2D eigenvalue weighted by molar-refractivity contribution is -0.104. The van der Waals surface area contributed by atoms with Gasteiger partial charge in [0.2, 0.25) is 0 Å². The van der Waals surface area contributed by atoms with Crippen LogP contribution in [0.15, 0.2) is 67.1 Å². The molecule has 10 heteroatoms. The fourth-order valence-electron chi connectivity index (χ4n) is 3.35. The predicted molar refractivity (Wildman–Crippen MR) is 152 cm³/mol. The number of halogens is 1. The van der Waals surface area contributed by atoms with E-state index in [4.69, 9.17) is 10.1 Å². The number of aldehydes is 1. The molecule has 0 fully saturated rings. The van der Waals surface area contributed by atoms with Gasteiger partial charge in [-0.05, 0) is 68.5 Å². The van der Waals surface area contributed by atoms with Gasteiger partial charge < -0.3 is 25.6 Å². The SMILES string of the molecule is CNCC/C(=C/N(C)C(=N)/C=C\C=O)c1ccc(F)cc1.CNCCNc1ccnc2cc(OC)cnc12. The number of hydrogen-bond acceptors (Lipinski definition) is 8. The van der Waals surface area contributed by atoms with Crippen LogP contribution in [0.2, 0.25) is 0 Å². The number of aromatic nitrogens is 2. The Hall–Kier alpha value is -4.15. The van der Waals surface area contributed by atoms with E-state index in [-0.39, 0.29) is 11.7 Å². The number of rotatable bonds is 12. The van der Waals surface area contributed by atoms with Gasteiger partial charge in [0.1, 0.15) is 29.2 Å². The fourth-order valence-corrected chi connectivity index (χ4v) is 3.35. The average molecular weight is 522 g/mol. The number of nitrogens with one attached hydrogen (secondary N) is 4. The second kappa shape index (κ2) is 16.6. The molecule has 0 amide bonds. The van der Waals surface area contributed by atoms with E-state index in [0.717, 1.165) is 59.7 Å². The maximum Gasteiger partial charge on any atom is 0.142 e. The van der Waals surface area contributed by atoms with Crippen molar-refractivity contribution in [3.8, 4) is 5.75 Å². The number of carbonyl (C=O) groups excluding carboxylic acids is 1. The van der Waals surface area contributed by atoms with Crippen LogP contribution in [0, 0.1) is 11.2 Å².